The van der Waals surface area contributed by atoms with Crippen molar-refractivity contribution in [1.29, 1.82) is 0 Å². The molecule has 5 heteroatoms. The Labute approximate surface area is 130 Å². The van der Waals surface area contributed by atoms with E-state index in [1.54, 1.807) is 6.92 Å². The lowest BCUT2D eigenvalue weighted by Crippen LogP contribution is -2.37. The number of fused-ring (bicyclic) bond motifs is 1. The minimum atomic E-state index is -0.703. The number of nitrogens with one attached hydrogen (secondary N) is 1. The number of rotatable bonds is 6. The molecular formula is C17H24N2O3. The van der Waals surface area contributed by atoms with Crippen LogP contribution in [0.5, 0.6) is 5.75 Å². The van der Waals surface area contributed by atoms with Gasteiger partial charge in [0.1, 0.15) is 11.8 Å². The molecule has 5 nitrogen and oxygen atoms in total. The van der Waals surface area contributed by atoms with Gasteiger partial charge >= 0.3 is 5.97 Å². The molecule has 2 rings (SSSR count). The largest absolute Gasteiger partial charge is 0.490 e. The maximum absolute atomic E-state index is 11.9. The van der Waals surface area contributed by atoms with Gasteiger partial charge in [-0.3, -0.25) is 4.79 Å². The topological polar surface area (TPSA) is 77.3 Å². The van der Waals surface area contributed by atoms with Crippen LogP contribution in [0.2, 0.25) is 0 Å². The Morgan fingerprint density at radius 2 is 2.05 bits per heavy atom. The van der Waals surface area contributed by atoms with Gasteiger partial charge in [0.15, 0.2) is 0 Å². The normalized spacial score (nSPS) is 14.1. The number of aromatic amines is 1. The molecular weight excluding hydrogens is 280 g/mol. The fourth-order valence-corrected chi connectivity index (χ4v) is 2.52. The number of carbonyl (C=O) groups is 1. The second-order valence-electron chi connectivity index (χ2n) is 5.66. The van der Waals surface area contributed by atoms with E-state index >= 15 is 0 Å². The number of carbonyl (C=O) groups excluding carboxylic acids is 1. The molecule has 0 bridgehead atoms. The predicted octanol–water partition coefficient (Wildman–Crippen LogP) is 2.95. The Hall–Kier alpha value is -2.01. The third kappa shape index (κ3) is 3.25. The average molecular weight is 304 g/mol. The highest BCUT2D eigenvalue weighted by Crippen LogP contribution is 2.34. The van der Waals surface area contributed by atoms with Crippen LogP contribution in [0.3, 0.4) is 0 Å². The van der Waals surface area contributed by atoms with Crippen LogP contribution in [0.15, 0.2) is 24.4 Å². The van der Waals surface area contributed by atoms with E-state index in [9.17, 15) is 4.79 Å². The van der Waals surface area contributed by atoms with Crippen molar-refractivity contribution in [3.05, 3.63) is 30.0 Å². The highest BCUT2D eigenvalue weighted by atomic mass is 16.5. The highest BCUT2D eigenvalue weighted by molar-refractivity contribution is 5.90. The summed E-state index contributed by atoms with van der Waals surface area (Å²) >= 11 is 0. The van der Waals surface area contributed by atoms with Gasteiger partial charge in [0, 0.05) is 23.0 Å². The summed E-state index contributed by atoms with van der Waals surface area (Å²) < 4.78 is 10.9. The molecule has 3 N–H and O–H groups in total. The summed E-state index contributed by atoms with van der Waals surface area (Å²) in [7, 11) is 0. The summed E-state index contributed by atoms with van der Waals surface area (Å²) in [6, 6.07) is 5.15. The SMILES string of the molecule is CCOC(=O)C(N)C(C)c1c[nH]c2cccc(OC(C)C)c12. The number of nitrogens with two attached hydrogens (primary N) is 1. The monoisotopic (exact) mass is 304 g/mol. The molecule has 2 aromatic rings. The summed E-state index contributed by atoms with van der Waals surface area (Å²) in [5.74, 6) is 0.239. The Bertz CT molecular complexity index is 648. The van der Waals surface area contributed by atoms with Crippen molar-refractivity contribution >= 4 is 16.9 Å². The Morgan fingerprint density at radius 3 is 2.68 bits per heavy atom. The van der Waals surface area contributed by atoms with E-state index in [-0.39, 0.29) is 18.0 Å². The molecule has 0 saturated heterocycles. The smallest absolute Gasteiger partial charge is 0.323 e. The molecule has 120 valence electrons. The summed E-state index contributed by atoms with van der Waals surface area (Å²) in [5.41, 5.74) is 7.98. The number of hydrogen-bond donors (Lipinski definition) is 2. The quantitative estimate of drug-likeness (QED) is 0.804. The molecule has 0 fully saturated rings. The van der Waals surface area contributed by atoms with Gasteiger partial charge in [-0.05, 0) is 38.5 Å². The first-order valence-electron chi connectivity index (χ1n) is 7.64. The zero-order valence-electron chi connectivity index (χ0n) is 13.6. The van der Waals surface area contributed by atoms with Crippen molar-refractivity contribution in [1.82, 2.24) is 4.98 Å². The van der Waals surface area contributed by atoms with Crippen LogP contribution in [0.4, 0.5) is 0 Å². The summed E-state index contributed by atoms with van der Waals surface area (Å²) in [6.45, 7) is 8.00. The summed E-state index contributed by atoms with van der Waals surface area (Å²) in [6.07, 6.45) is 1.96. The van der Waals surface area contributed by atoms with Gasteiger partial charge in [0.25, 0.3) is 0 Å². The van der Waals surface area contributed by atoms with Gasteiger partial charge in [-0.1, -0.05) is 13.0 Å². The van der Waals surface area contributed by atoms with Crippen LogP contribution in [0, 0.1) is 0 Å². The van der Waals surface area contributed by atoms with Crippen molar-refractivity contribution in [2.45, 2.75) is 45.8 Å². The molecule has 0 radical (unpaired) electrons. The number of esters is 1. The van der Waals surface area contributed by atoms with Crippen molar-refractivity contribution in [2.75, 3.05) is 6.61 Å². The molecule has 0 aliphatic heterocycles. The van der Waals surface area contributed by atoms with Gasteiger partial charge in [-0.2, -0.15) is 0 Å². The molecule has 1 aromatic heterocycles. The van der Waals surface area contributed by atoms with Crippen LogP contribution in [0.1, 0.15) is 39.2 Å². The van der Waals surface area contributed by atoms with Crippen LogP contribution in [0.25, 0.3) is 10.9 Å². The van der Waals surface area contributed by atoms with Crippen LogP contribution < -0.4 is 10.5 Å². The Morgan fingerprint density at radius 1 is 1.32 bits per heavy atom. The maximum Gasteiger partial charge on any atom is 0.323 e. The minimum Gasteiger partial charge on any atom is -0.490 e. The van der Waals surface area contributed by atoms with Crippen LogP contribution in [-0.4, -0.2) is 29.7 Å². The lowest BCUT2D eigenvalue weighted by molar-refractivity contribution is -0.145. The van der Waals surface area contributed by atoms with E-state index in [2.05, 4.69) is 4.98 Å². The van der Waals surface area contributed by atoms with Gasteiger partial charge < -0.3 is 20.2 Å². The van der Waals surface area contributed by atoms with Gasteiger partial charge in [-0.25, -0.2) is 0 Å². The average Bonchev–Trinajstić information content (AvgIpc) is 2.90. The first kappa shape index (κ1) is 16.4. The fourth-order valence-electron chi connectivity index (χ4n) is 2.52. The first-order valence-corrected chi connectivity index (χ1v) is 7.64. The lowest BCUT2D eigenvalue weighted by Gasteiger charge is -2.19. The molecule has 2 unspecified atom stereocenters. The molecule has 0 saturated carbocycles. The zero-order valence-corrected chi connectivity index (χ0v) is 13.6. The van der Waals surface area contributed by atoms with Crippen molar-refractivity contribution in [3.63, 3.8) is 0 Å². The van der Waals surface area contributed by atoms with E-state index in [0.29, 0.717) is 6.61 Å². The Balaban J connectivity index is 2.40. The van der Waals surface area contributed by atoms with Gasteiger partial charge in [-0.15, -0.1) is 0 Å². The summed E-state index contributed by atoms with van der Waals surface area (Å²) in [4.78, 5) is 15.1. The summed E-state index contributed by atoms with van der Waals surface area (Å²) in [5, 5.41) is 0.975. The fraction of sp³-hybridized carbons (Fsp3) is 0.471. The van der Waals surface area contributed by atoms with E-state index in [0.717, 1.165) is 22.2 Å². The number of ether oxygens (including phenoxy) is 2. The van der Waals surface area contributed by atoms with E-state index in [4.69, 9.17) is 15.2 Å². The van der Waals surface area contributed by atoms with E-state index < -0.39 is 6.04 Å². The Kier molecular flexibility index (Phi) is 5.08. The van der Waals surface area contributed by atoms with E-state index in [1.807, 2.05) is 45.2 Å². The molecule has 0 spiro atoms. The first-order chi connectivity index (χ1) is 10.5. The molecule has 1 aromatic carbocycles. The predicted molar refractivity (Wildman–Crippen MR) is 87.1 cm³/mol. The molecule has 0 amide bonds. The minimum absolute atomic E-state index is 0.0717. The van der Waals surface area contributed by atoms with Crippen molar-refractivity contribution < 1.29 is 14.3 Å². The molecule has 1 heterocycles. The van der Waals surface area contributed by atoms with Crippen LogP contribution in [-0.2, 0) is 9.53 Å². The van der Waals surface area contributed by atoms with Crippen molar-refractivity contribution in [3.8, 4) is 5.75 Å². The standard InChI is InChI=1S/C17H24N2O3/c1-5-21-17(20)16(18)11(4)12-9-19-13-7-6-8-14(15(12)13)22-10(2)3/h6-11,16,19H,5,18H2,1-4H3. The van der Waals surface area contributed by atoms with E-state index in [1.165, 1.54) is 0 Å². The third-order valence-electron chi connectivity index (χ3n) is 3.65. The van der Waals surface area contributed by atoms with Gasteiger partial charge in [0.05, 0.1) is 12.7 Å². The molecule has 0 aliphatic carbocycles. The number of aromatic nitrogens is 1. The maximum atomic E-state index is 11.9. The van der Waals surface area contributed by atoms with Gasteiger partial charge in [0.2, 0.25) is 0 Å². The molecule has 22 heavy (non-hydrogen) atoms. The molecule has 2 atom stereocenters. The molecule has 0 aliphatic rings. The second kappa shape index (κ2) is 6.83. The second-order valence-corrected chi connectivity index (χ2v) is 5.66. The number of H-pyrrole nitrogens is 1. The highest BCUT2D eigenvalue weighted by Gasteiger charge is 2.26. The number of hydrogen-bond acceptors (Lipinski definition) is 4. The van der Waals surface area contributed by atoms with Crippen LogP contribution >= 0.6 is 0 Å². The third-order valence-corrected chi connectivity index (χ3v) is 3.65. The lowest BCUT2D eigenvalue weighted by atomic mass is 9.93. The zero-order chi connectivity index (χ0) is 16.3. The van der Waals surface area contributed by atoms with Crippen molar-refractivity contribution in [2.24, 2.45) is 5.73 Å². The number of benzene rings is 1.